The molecule has 1 aromatic carbocycles. The molecule has 102 valence electrons. The van der Waals surface area contributed by atoms with E-state index in [9.17, 15) is 14.9 Å². The minimum atomic E-state index is -1.29. The van der Waals surface area contributed by atoms with Gasteiger partial charge in [-0.1, -0.05) is 23.7 Å². The third-order valence-electron chi connectivity index (χ3n) is 2.44. The molecule has 0 saturated carbocycles. The first kappa shape index (κ1) is 13.8. The summed E-state index contributed by atoms with van der Waals surface area (Å²) in [5.74, 6) is -1.36. The lowest BCUT2D eigenvalue weighted by atomic mass is 10.2. The van der Waals surface area contributed by atoms with Gasteiger partial charge in [-0.15, -0.1) is 0 Å². The Morgan fingerprint density at radius 2 is 2.10 bits per heavy atom. The Kier molecular flexibility index (Phi) is 3.81. The van der Waals surface area contributed by atoms with Crippen molar-refractivity contribution in [2.24, 2.45) is 0 Å². The number of halogens is 1. The van der Waals surface area contributed by atoms with E-state index in [0.29, 0.717) is 10.7 Å². The van der Waals surface area contributed by atoms with Crippen LogP contribution in [-0.2, 0) is 0 Å². The van der Waals surface area contributed by atoms with E-state index in [-0.39, 0.29) is 11.4 Å². The maximum atomic E-state index is 11.0. The highest BCUT2D eigenvalue weighted by molar-refractivity contribution is 6.33. The van der Waals surface area contributed by atoms with E-state index in [1.807, 2.05) is 0 Å². The number of hydrogen-bond donors (Lipinski definition) is 2. The Hall–Kier alpha value is -2.67. The van der Waals surface area contributed by atoms with Gasteiger partial charge in [0.05, 0.1) is 21.2 Å². The topological polar surface area (TPSA) is 105 Å². The molecule has 2 N–H and O–H groups in total. The first-order chi connectivity index (χ1) is 9.49. The highest BCUT2D eigenvalue weighted by Crippen LogP contribution is 2.29. The minimum absolute atomic E-state index is 0.0758. The van der Waals surface area contributed by atoms with Gasteiger partial charge in [-0.05, 0) is 12.1 Å². The van der Waals surface area contributed by atoms with Crippen molar-refractivity contribution >= 4 is 34.8 Å². The Labute approximate surface area is 118 Å². The largest absolute Gasteiger partial charge is 0.478 e. The number of carboxylic acids is 1. The van der Waals surface area contributed by atoms with Gasteiger partial charge in [0.15, 0.2) is 0 Å². The van der Waals surface area contributed by atoms with Gasteiger partial charge in [0.1, 0.15) is 0 Å². The van der Waals surface area contributed by atoms with Crippen LogP contribution in [0.1, 0.15) is 10.4 Å². The number of para-hydroxylation sites is 1. The zero-order valence-electron chi connectivity index (χ0n) is 9.91. The second-order valence-electron chi connectivity index (χ2n) is 3.76. The fraction of sp³-hybridized carbons (Fsp3) is 0. The molecule has 0 aliphatic carbocycles. The van der Waals surface area contributed by atoms with E-state index in [2.05, 4.69) is 10.3 Å². The molecule has 20 heavy (non-hydrogen) atoms. The molecule has 0 spiro atoms. The summed E-state index contributed by atoms with van der Waals surface area (Å²) in [6.07, 6.45) is 1.04. The average molecular weight is 294 g/mol. The highest BCUT2D eigenvalue weighted by Gasteiger charge is 2.19. The number of hydrogen-bond acceptors (Lipinski definition) is 5. The van der Waals surface area contributed by atoms with E-state index < -0.39 is 16.6 Å². The number of nitrogens with zero attached hydrogens (tertiary/aromatic N) is 2. The smallest absolute Gasteiger partial charge is 0.337 e. The molecule has 0 saturated heterocycles. The normalized spacial score (nSPS) is 10.1. The van der Waals surface area contributed by atoms with E-state index in [0.717, 1.165) is 12.3 Å². The van der Waals surface area contributed by atoms with Crippen molar-refractivity contribution in [1.82, 2.24) is 4.98 Å². The van der Waals surface area contributed by atoms with Crippen LogP contribution in [0, 0.1) is 10.1 Å². The molecule has 0 aliphatic rings. The van der Waals surface area contributed by atoms with Crippen molar-refractivity contribution in [2.75, 3.05) is 5.32 Å². The van der Waals surface area contributed by atoms with E-state index >= 15 is 0 Å². The maximum Gasteiger partial charge on any atom is 0.337 e. The van der Waals surface area contributed by atoms with Crippen LogP contribution in [-0.4, -0.2) is 21.0 Å². The molecule has 2 rings (SSSR count). The molecule has 8 heteroatoms. The molecule has 1 heterocycles. The zero-order valence-corrected chi connectivity index (χ0v) is 10.7. The Bertz CT molecular complexity index is 690. The molecule has 0 fully saturated rings. The van der Waals surface area contributed by atoms with Gasteiger partial charge >= 0.3 is 11.7 Å². The summed E-state index contributed by atoms with van der Waals surface area (Å²) in [4.78, 5) is 24.8. The monoisotopic (exact) mass is 293 g/mol. The fourth-order valence-corrected chi connectivity index (χ4v) is 1.68. The summed E-state index contributed by atoms with van der Waals surface area (Å²) in [5.41, 5.74) is -0.265. The summed E-state index contributed by atoms with van der Waals surface area (Å²) >= 11 is 5.93. The number of benzene rings is 1. The summed E-state index contributed by atoms with van der Waals surface area (Å²) in [6.45, 7) is 0. The number of pyridine rings is 1. The quantitative estimate of drug-likeness (QED) is 0.663. The molecule has 0 unspecified atom stereocenters. The molecule has 2 aromatic rings. The van der Waals surface area contributed by atoms with Crippen LogP contribution in [0.3, 0.4) is 0 Å². The summed E-state index contributed by atoms with van der Waals surface area (Å²) in [5, 5.41) is 22.9. The van der Waals surface area contributed by atoms with Gasteiger partial charge in [-0.2, -0.15) is 0 Å². The van der Waals surface area contributed by atoms with Crippen molar-refractivity contribution in [3.8, 4) is 0 Å². The minimum Gasteiger partial charge on any atom is -0.478 e. The molecular weight excluding hydrogens is 286 g/mol. The van der Waals surface area contributed by atoms with Gasteiger partial charge in [-0.25, -0.2) is 9.78 Å². The number of rotatable bonds is 4. The van der Waals surface area contributed by atoms with E-state index in [4.69, 9.17) is 16.7 Å². The lowest BCUT2D eigenvalue weighted by molar-refractivity contribution is -0.384. The lowest BCUT2D eigenvalue weighted by Gasteiger charge is -2.08. The lowest BCUT2D eigenvalue weighted by Crippen LogP contribution is -2.04. The predicted octanol–water partition coefficient (Wildman–Crippen LogP) is 3.09. The van der Waals surface area contributed by atoms with Crippen LogP contribution < -0.4 is 5.32 Å². The van der Waals surface area contributed by atoms with Gasteiger partial charge < -0.3 is 10.4 Å². The second-order valence-corrected chi connectivity index (χ2v) is 4.17. The number of aromatic carboxylic acids is 1. The van der Waals surface area contributed by atoms with E-state index in [1.54, 1.807) is 24.3 Å². The highest BCUT2D eigenvalue weighted by atomic mass is 35.5. The second kappa shape index (κ2) is 5.54. The molecular formula is C12H8ClN3O4. The average Bonchev–Trinajstić information content (AvgIpc) is 2.41. The number of carboxylic acid groups (broad SMARTS) is 1. The van der Waals surface area contributed by atoms with E-state index in [1.165, 1.54) is 0 Å². The molecule has 0 radical (unpaired) electrons. The number of nitro groups is 1. The van der Waals surface area contributed by atoms with Crippen LogP contribution in [0.5, 0.6) is 0 Å². The van der Waals surface area contributed by atoms with Crippen LogP contribution in [0.4, 0.5) is 17.2 Å². The zero-order chi connectivity index (χ0) is 14.7. The Morgan fingerprint density at radius 1 is 1.40 bits per heavy atom. The van der Waals surface area contributed by atoms with Crippen LogP contribution in [0.15, 0.2) is 36.5 Å². The number of nitrogens with one attached hydrogen (secondary N) is 1. The van der Waals surface area contributed by atoms with Gasteiger partial charge in [0.25, 0.3) is 0 Å². The van der Waals surface area contributed by atoms with Gasteiger partial charge in [-0.3, -0.25) is 10.1 Å². The summed E-state index contributed by atoms with van der Waals surface area (Å²) in [7, 11) is 0. The third kappa shape index (κ3) is 2.83. The molecule has 0 bridgehead atoms. The Morgan fingerprint density at radius 3 is 2.70 bits per heavy atom. The molecule has 7 nitrogen and oxygen atoms in total. The maximum absolute atomic E-state index is 11.0. The standard InChI is InChI=1S/C12H8ClN3O4/c13-8-3-1-2-4-9(8)15-11-10(16(19)20)5-7(6-14-11)12(17)18/h1-6H,(H,14,15)(H,17,18). The predicted molar refractivity (Wildman–Crippen MR) is 72.6 cm³/mol. The van der Waals surface area contributed by atoms with Crippen LogP contribution in [0.2, 0.25) is 5.02 Å². The first-order valence-electron chi connectivity index (χ1n) is 5.38. The molecule has 0 amide bonds. The van der Waals surface area contributed by atoms with Crippen molar-refractivity contribution < 1.29 is 14.8 Å². The van der Waals surface area contributed by atoms with Crippen molar-refractivity contribution in [1.29, 1.82) is 0 Å². The molecule has 0 aliphatic heterocycles. The SMILES string of the molecule is O=C(O)c1cnc(Nc2ccccc2Cl)c([N+](=O)[O-])c1. The molecule has 0 atom stereocenters. The Balaban J connectivity index is 2.44. The number of aromatic nitrogens is 1. The number of carbonyl (C=O) groups is 1. The first-order valence-corrected chi connectivity index (χ1v) is 5.76. The van der Waals surface area contributed by atoms with Crippen molar-refractivity contribution in [3.05, 3.63) is 57.2 Å². The van der Waals surface area contributed by atoms with Gasteiger partial charge in [0, 0.05) is 12.3 Å². The number of anilines is 2. The third-order valence-corrected chi connectivity index (χ3v) is 2.77. The molecule has 1 aromatic heterocycles. The van der Waals surface area contributed by atoms with Gasteiger partial charge in [0.2, 0.25) is 5.82 Å². The fourth-order valence-electron chi connectivity index (χ4n) is 1.50. The summed E-state index contributed by atoms with van der Waals surface area (Å²) < 4.78 is 0. The van der Waals surface area contributed by atoms with Crippen molar-refractivity contribution in [3.63, 3.8) is 0 Å². The van der Waals surface area contributed by atoms with Crippen LogP contribution in [0.25, 0.3) is 0 Å². The van der Waals surface area contributed by atoms with Crippen LogP contribution >= 0.6 is 11.6 Å². The summed E-state index contributed by atoms with van der Waals surface area (Å²) in [6, 6.07) is 7.59. The van der Waals surface area contributed by atoms with Crippen molar-refractivity contribution in [2.45, 2.75) is 0 Å².